The molecule has 1 aromatic carbocycles. The van der Waals surface area contributed by atoms with E-state index in [0.717, 1.165) is 30.6 Å². The number of nitrogens with one attached hydrogen (secondary N) is 2. The number of rotatable bonds is 2. The van der Waals surface area contributed by atoms with Gasteiger partial charge in [0.05, 0.1) is 5.54 Å². The number of carbonyl (C=O) groups is 1. The molecule has 1 aliphatic rings. The Morgan fingerprint density at radius 1 is 1.53 bits per heavy atom. The van der Waals surface area contributed by atoms with Gasteiger partial charge in [-0.05, 0) is 50.9 Å². The number of halogens is 1. The topological polar surface area (TPSA) is 41.1 Å². The highest BCUT2D eigenvalue weighted by atomic mass is 35.5. The summed E-state index contributed by atoms with van der Waals surface area (Å²) in [5, 5.41) is 6.86. The molecular formula is C13H17ClN2O. The molecule has 1 saturated heterocycles. The van der Waals surface area contributed by atoms with E-state index in [1.54, 1.807) is 0 Å². The van der Waals surface area contributed by atoms with Gasteiger partial charge in [-0.25, -0.2) is 0 Å². The van der Waals surface area contributed by atoms with Crippen molar-refractivity contribution in [1.29, 1.82) is 0 Å². The van der Waals surface area contributed by atoms with Gasteiger partial charge < -0.3 is 10.6 Å². The van der Waals surface area contributed by atoms with Crippen LogP contribution in [-0.2, 0) is 4.79 Å². The van der Waals surface area contributed by atoms with E-state index in [1.807, 2.05) is 32.0 Å². The van der Waals surface area contributed by atoms with Crippen molar-refractivity contribution in [3.05, 3.63) is 28.8 Å². The third-order valence-corrected chi connectivity index (χ3v) is 3.80. The highest BCUT2D eigenvalue weighted by molar-refractivity contribution is 6.31. The van der Waals surface area contributed by atoms with Crippen LogP contribution < -0.4 is 10.6 Å². The largest absolute Gasteiger partial charge is 0.324 e. The van der Waals surface area contributed by atoms with E-state index in [2.05, 4.69) is 10.6 Å². The van der Waals surface area contributed by atoms with E-state index in [4.69, 9.17) is 11.6 Å². The lowest BCUT2D eigenvalue weighted by atomic mass is 9.99. The third kappa shape index (κ3) is 2.45. The van der Waals surface area contributed by atoms with E-state index >= 15 is 0 Å². The van der Waals surface area contributed by atoms with E-state index < -0.39 is 5.54 Å². The highest BCUT2D eigenvalue weighted by Crippen LogP contribution is 2.25. The third-order valence-electron chi connectivity index (χ3n) is 3.39. The molecule has 0 saturated carbocycles. The molecule has 4 heteroatoms. The Morgan fingerprint density at radius 2 is 2.29 bits per heavy atom. The lowest BCUT2D eigenvalue weighted by Crippen LogP contribution is -2.48. The molecule has 0 aliphatic carbocycles. The number of benzene rings is 1. The first-order valence-corrected chi connectivity index (χ1v) is 6.22. The first kappa shape index (κ1) is 12.4. The smallest absolute Gasteiger partial charge is 0.244 e. The Kier molecular flexibility index (Phi) is 3.40. The van der Waals surface area contributed by atoms with Gasteiger partial charge in [0, 0.05) is 10.7 Å². The molecule has 1 atom stereocenters. The molecule has 1 aromatic rings. The van der Waals surface area contributed by atoms with Gasteiger partial charge in [-0.1, -0.05) is 17.7 Å². The maximum atomic E-state index is 12.2. The van der Waals surface area contributed by atoms with Crippen LogP contribution in [0.5, 0.6) is 0 Å². The summed E-state index contributed by atoms with van der Waals surface area (Å²) in [6.45, 7) is 4.75. The molecule has 17 heavy (non-hydrogen) atoms. The molecular weight excluding hydrogens is 236 g/mol. The van der Waals surface area contributed by atoms with Crippen LogP contribution >= 0.6 is 11.6 Å². The monoisotopic (exact) mass is 252 g/mol. The summed E-state index contributed by atoms with van der Waals surface area (Å²) in [5.74, 6) is 0.0142. The fourth-order valence-corrected chi connectivity index (χ4v) is 2.27. The van der Waals surface area contributed by atoms with Crippen LogP contribution in [0.15, 0.2) is 18.2 Å². The van der Waals surface area contributed by atoms with Gasteiger partial charge >= 0.3 is 0 Å². The summed E-state index contributed by atoms with van der Waals surface area (Å²) in [7, 11) is 0. The number of hydrogen-bond acceptors (Lipinski definition) is 2. The van der Waals surface area contributed by atoms with Crippen molar-refractivity contribution in [2.45, 2.75) is 32.2 Å². The van der Waals surface area contributed by atoms with Crippen LogP contribution in [0.4, 0.5) is 5.69 Å². The minimum absolute atomic E-state index is 0.0142. The second-order valence-electron chi connectivity index (χ2n) is 4.73. The van der Waals surface area contributed by atoms with Crippen LogP contribution in [0, 0.1) is 6.92 Å². The zero-order chi connectivity index (χ0) is 12.5. The molecule has 1 aliphatic heterocycles. The summed E-state index contributed by atoms with van der Waals surface area (Å²) >= 11 is 6.02. The molecule has 0 aromatic heterocycles. The molecule has 0 radical (unpaired) electrons. The van der Waals surface area contributed by atoms with E-state index in [9.17, 15) is 4.79 Å². The van der Waals surface area contributed by atoms with Crippen molar-refractivity contribution in [3.63, 3.8) is 0 Å². The maximum absolute atomic E-state index is 12.2. The first-order chi connectivity index (χ1) is 8.03. The van der Waals surface area contributed by atoms with Crippen LogP contribution in [-0.4, -0.2) is 18.0 Å². The molecule has 1 unspecified atom stereocenters. The number of carbonyl (C=O) groups excluding carboxylic acids is 1. The van der Waals surface area contributed by atoms with Crippen molar-refractivity contribution in [3.8, 4) is 0 Å². The van der Waals surface area contributed by atoms with Crippen molar-refractivity contribution >= 4 is 23.2 Å². The summed E-state index contributed by atoms with van der Waals surface area (Å²) in [6, 6.07) is 5.54. The minimum atomic E-state index is -0.450. The molecule has 1 heterocycles. The Hall–Kier alpha value is -1.06. The summed E-state index contributed by atoms with van der Waals surface area (Å²) in [4.78, 5) is 12.2. The summed E-state index contributed by atoms with van der Waals surface area (Å²) in [6.07, 6.45) is 1.91. The molecule has 0 bridgehead atoms. The molecule has 0 spiro atoms. The second-order valence-corrected chi connectivity index (χ2v) is 5.14. The van der Waals surface area contributed by atoms with Gasteiger partial charge in [-0.2, -0.15) is 0 Å². The van der Waals surface area contributed by atoms with Crippen molar-refractivity contribution in [2.24, 2.45) is 0 Å². The Labute approximate surface area is 107 Å². The first-order valence-electron chi connectivity index (χ1n) is 5.84. The summed E-state index contributed by atoms with van der Waals surface area (Å²) < 4.78 is 0. The zero-order valence-corrected chi connectivity index (χ0v) is 10.9. The Bertz CT molecular complexity index is 439. The predicted octanol–water partition coefficient (Wildman–Crippen LogP) is 2.73. The lowest BCUT2D eigenvalue weighted by molar-refractivity contribution is -0.121. The van der Waals surface area contributed by atoms with Crippen molar-refractivity contribution in [1.82, 2.24) is 5.32 Å². The number of anilines is 1. The van der Waals surface area contributed by atoms with Crippen LogP contribution in [0.25, 0.3) is 0 Å². The molecule has 1 amide bonds. The Balaban J connectivity index is 2.16. The van der Waals surface area contributed by atoms with Crippen LogP contribution in [0.3, 0.4) is 0 Å². The van der Waals surface area contributed by atoms with Gasteiger partial charge in [-0.15, -0.1) is 0 Å². The minimum Gasteiger partial charge on any atom is -0.324 e. The van der Waals surface area contributed by atoms with Crippen LogP contribution in [0.2, 0.25) is 5.02 Å². The molecule has 3 nitrogen and oxygen atoms in total. The number of hydrogen-bond donors (Lipinski definition) is 2. The van der Waals surface area contributed by atoms with Crippen molar-refractivity contribution in [2.75, 3.05) is 11.9 Å². The number of amides is 1. The second kappa shape index (κ2) is 4.67. The summed E-state index contributed by atoms with van der Waals surface area (Å²) in [5.41, 5.74) is 1.25. The fourth-order valence-electron chi connectivity index (χ4n) is 2.09. The van der Waals surface area contributed by atoms with Gasteiger partial charge in [-0.3, -0.25) is 4.79 Å². The lowest BCUT2D eigenvalue weighted by Gasteiger charge is -2.23. The van der Waals surface area contributed by atoms with E-state index in [1.165, 1.54) is 0 Å². The van der Waals surface area contributed by atoms with Gasteiger partial charge in [0.1, 0.15) is 0 Å². The highest BCUT2D eigenvalue weighted by Gasteiger charge is 2.35. The average Bonchev–Trinajstić information content (AvgIpc) is 2.73. The molecule has 92 valence electrons. The average molecular weight is 253 g/mol. The molecule has 2 N–H and O–H groups in total. The quantitative estimate of drug-likeness (QED) is 0.850. The van der Waals surface area contributed by atoms with Crippen LogP contribution in [0.1, 0.15) is 25.3 Å². The molecule has 1 fully saturated rings. The standard InChI is InChI=1S/C13H17ClN2O/c1-9-10(14)5-3-6-11(9)16-12(17)13(2)7-4-8-15-13/h3,5-6,15H,4,7-8H2,1-2H3,(H,16,17). The molecule has 2 rings (SSSR count). The van der Waals surface area contributed by atoms with Gasteiger partial charge in [0.15, 0.2) is 0 Å². The van der Waals surface area contributed by atoms with E-state index in [0.29, 0.717) is 5.02 Å². The van der Waals surface area contributed by atoms with Gasteiger partial charge in [0.2, 0.25) is 5.91 Å². The zero-order valence-electron chi connectivity index (χ0n) is 10.1. The fraction of sp³-hybridized carbons (Fsp3) is 0.462. The Morgan fingerprint density at radius 3 is 2.94 bits per heavy atom. The van der Waals surface area contributed by atoms with Crippen molar-refractivity contribution < 1.29 is 4.79 Å². The van der Waals surface area contributed by atoms with E-state index in [-0.39, 0.29) is 5.91 Å². The SMILES string of the molecule is Cc1c(Cl)cccc1NC(=O)C1(C)CCCN1. The maximum Gasteiger partial charge on any atom is 0.244 e. The predicted molar refractivity (Wildman–Crippen MR) is 70.5 cm³/mol. The van der Waals surface area contributed by atoms with Gasteiger partial charge in [0.25, 0.3) is 0 Å². The normalized spacial score (nSPS) is 23.7.